The summed E-state index contributed by atoms with van der Waals surface area (Å²) >= 11 is 0. The average molecular weight is 277 g/mol. The molecular weight excluding hydrogens is 258 g/mol. The molecule has 0 radical (unpaired) electrons. The van der Waals surface area contributed by atoms with Crippen LogP contribution in [0.15, 0.2) is 22.7 Å². The summed E-state index contributed by atoms with van der Waals surface area (Å²) in [5, 5.41) is 6.99. The first kappa shape index (κ1) is 14.2. The predicted octanol–water partition coefficient (Wildman–Crippen LogP) is 2.82. The summed E-state index contributed by atoms with van der Waals surface area (Å²) in [6, 6.07) is 5.73. The van der Waals surface area contributed by atoms with Crippen molar-refractivity contribution in [2.45, 2.75) is 26.3 Å². The first-order chi connectivity index (χ1) is 9.63. The van der Waals surface area contributed by atoms with Crippen LogP contribution >= 0.6 is 0 Å². The molecule has 0 saturated heterocycles. The van der Waals surface area contributed by atoms with Crippen LogP contribution in [0.3, 0.4) is 0 Å². The van der Waals surface area contributed by atoms with Gasteiger partial charge in [-0.3, -0.25) is 0 Å². The van der Waals surface area contributed by atoms with Gasteiger partial charge in [0, 0.05) is 12.5 Å². The smallest absolute Gasteiger partial charge is 0.263 e. The molecule has 1 N–H and O–H groups in total. The van der Waals surface area contributed by atoms with Crippen molar-refractivity contribution in [3.63, 3.8) is 0 Å². The molecule has 1 aromatic heterocycles. The molecule has 0 bridgehead atoms. The maximum Gasteiger partial charge on any atom is 0.263 e. The Kier molecular flexibility index (Phi) is 4.45. The second-order valence-corrected chi connectivity index (χ2v) is 4.65. The van der Waals surface area contributed by atoms with E-state index in [1.807, 2.05) is 32.0 Å². The largest absolute Gasteiger partial charge is 0.493 e. The number of ether oxygens (including phenoxy) is 2. The number of hydrogen-bond acceptors (Lipinski definition) is 6. The molecule has 2 rings (SSSR count). The van der Waals surface area contributed by atoms with Gasteiger partial charge in [-0.25, -0.2) is 0 Å². The Balaban J connectivity index is 2.03. The zero-order valence-electron chi connectivity index (χ0n) is 12.1. The molecule has 6 nitrogen and oxygen atoms in total. The highest BCUT2D eigenvalue weighted by molar-refractivity contribution is 5.43. The van der Waals surface area contributed by atoms with Crippen molar-refractivity contribution in [3.05, 3.63) is 29.7 Å². The second-order valence-electron chi connectivity index (χ2n) is 4.65. The standard InChI is InChI=1S/C14H19N3O3/c1-9(2)13-16-14(17-20-13)15-8-10-5-6-11(18-3)12(7-10)19-4/h5-7,9H,8H2,1-4H3,(H,15,17). The van der Waals surface area contributed by atoms with Crippen molar-refractivity contribution in [1.29, 1.82) is 0 Å². The van der Waals surface area contributed by atoms with Crippen molar-refractivity contribution in [3.8, 4) is 11.5 Å². The molecule has 0 atom stereocenters. The molecular formula is C14H19N3O3. The van der Waals surface area contributed by atoms with E-state index in [4.69, 9.17) is 14.0 Å². The van der Waals surface area contributed by atoms with Crippen LogP contribution in [0, 0.1) is 0 Å². The SMILES string of the molecule is COc1ccc(CNc2noc(C(C)C)n2)cc1OC. The maximum absolute atomic E-state index is 5.26. The lowest BCUT2D eigenvalue weighted by Crippen LogP contribution is -2.02. The van der Waals surface area contributed by atoms with Gasteiger partial charge in [-0.2, -0.15) is 4.98 Å². The fourth-order valence-corrected chi connectivity index (χ4v) is 1.71. The van der Waals surface area contributed by atoms with Crippen LogP contribution < -0.4 is 14.8 Å². The molecule has 2 aromatic rings. The van der Waals surface area contributed by atoms with Crippen LogP contribution in [-0.4, -0.2) is 24.4 Å². The minimum Gasteiger partial charge on any atom is -0.493 e. The number of hydrogen-bond donors (Lipinski definition) is 1. The van der Waals surface area contributed by atoms with E-state index in [0.717, 1.165) is 5.56 Å². The van der Waals surface area contributed by atoms with Crippen LogP contribution in [0.1, 0.15) is 31.2 Å². The highest BCUT2D eigenvalue weighted by Crippen LogP contribution is 2.27. The molecule has 108 valence electrons. The zero-order chi connectivity index (χ0) is 14.5. The molecule has 0 unspecified atom stereocenters. The fraction of sp³-hybridized carbons (Fsp3) is 0.429. The molecule has 0 aliphatic heterocycles. The van der Waals surface area contributed by atoms with Crippen LogP contribution in [0.25, 0.3) is 0 Å². The molecule has 0 saturated carbocycles. The Morgan fingerprint density at radius 1 is 1.20 bits per heavy atom. The lowest BCUT2D eigenvalue weighted by molar-refractivity contribution is 0.354. The maximum atomic E-state index is 5.26. The summed E-state index contributed by atoms with van der Waals surface area (Å²) in [5.41, 5.74) is 1.04. The number of nitrogens with zero attached hydrogens (tertiary/aromatic N) is 2. The van der Waals surface area contributed by atoms with Gasteiger partial charge in [0.05, 0.1) is 14.2 Å². The van der Waals surface area contributed by atoms with Crippen molar-refractivity contribution < 1.29 is 14.0 Å². The summed E-state index contributed by atoms with van der Waals surface area (Å²) < 4.78 is 15.6. The average Bonchev–Trinajstić information content (AvgIpc) is 2.94. The van der Waals surface area contributed by atoms with Gasteiger partial charge >= 0.3 is 0 Å². The number of benzene rings is 1. The molecule has 1 aromatic carbocycles. The van der Waals surface area contributed by atoms with E-state index < -0.39 is 0 Å². The van der Waals surface area contributed by atoms with Gasteiger partial charge in [-0.1, -0.05) is 19.9 Å². The third kappa shape index (κ3) is 3.20. The highest BCUT2D eigenvalue weighted by Gasteiger charge is 2.10. The van der Waals surface area contributed by atoms with E-state index in [2.05, 4.69) is 15.5 Å². The Hall–Kier alpha value is -2.24. The quantitative estimate of drug-likeness (QED) is 0.875. The lowest BCUT2D eigenvalue weighted by Gasteiger charge is -2.09. The van der Waals surface area contributed by atoms with Crippen LogP contribution in [0.5, 0.6) is 11.5 Å². The van der Waals surface area contributed by atoms with Gasteiger partial charge < -0.3 is 19.3 Å². The van der Waals surface area contributed by atoms with E-state index in [-0.39, 0.29) is 5.92 Å². The Morgan fingerprint density at radius 2 is 1.95 bits per heavy atom. The molecule has 0 fully saturated rings. The Morgan fingerprint density at radius 3 is 2.55 bits per heavy atom. The number of nitrogens with one attached hydrogen (secondary N) is 1. The number of rotatable bonds is 6. The van der Waals surface area contributed by atoms with Gasteiger partial charge in [0.2, 0.25) is 5.89 Å². The third-order valence-corrected chi connectivity index (χ3v) is 2.83. The summed E-state index contributed by atoms with van der Waals surface area (Å²) in [7, 11) is 3.23. The molecule has 20 heavy (non-hydrogen) atoms. The van der Waals surface area contributed by atoms with Gasteiger partial charge in [0.15, 0.2) is 11.5 Å². The van der Waals surface area contributed by atoms with E-state index >= 15 is 0 Å². The normalized spacial score (nSPS) is 10.7. The summed E-state index contributed by atoms with van der Waals surface area (Å²) in [4.78, 5) is 4.26. The molecule has 6 heteroatoms. The van der Waals surface area contributed by atoms with Gasteiger partial charge in [0.25, 0.3) is 5.95 Å². The van der Waals surface area contributed by atoms with E-state index in [0.29, 0.717) is 29.9 Å². The van der Waals surface area contributed by atoms with E-state index in [1.54, 1.807) is 14.2 Å². The summed E-state index contributed by atoms with van der Waals surface area (Å²) in [6.07, 6.45) is 0. The molecule has 0 spiro atoms. The number of aromatic nitrogens is 2. The Bertz CT molecular complexity index is 567. The van der Waals surface area contributed by atoms with Crippen LogP contribution in [-0.2, 0) is 6.54 Å². The van der Waals surface area contributed by atoms with Crippen molar-refractivity contribution in [2.24, 2.45) is 0 Å². The summed E-state index contributed by atoms with van der Waals surface area (Å²) in [6.45, 7) is 4.59. The fourth-order valence-electron chi connectivity index (χ4n) is 1.71. The first-order valence-corrected chi connectivity index (χ1v) is 6.42. The molecule has 0 amide bonds. The van der Waals surface area contributed by atoms with Crippen molar-refractivity contribution >= 4 is 5.95 Å². The van der Waals surface area contributed by atoms with Crippen LogP contribution in [0.4, 0.5) is 5.95 Å². The lowest BCUT2D eigenvalue weighted by atomic mass is 10.2. The first-order valence-electron chi connectivity index (χ1n) is 6.42. The second kappa shape index (κ2) is 6.27. The third-order valence-electron chi connectivity index (χ3n) is 2.83. The Labute approximate surface area is 118 Å². The van der Waals surface area contributed by atoms with Gasteiger partial charge in [-0.05, 0) is 22.9 Å². The molecule has 0 aliphatic carbocycles. The van der Waals surface area contributed by atoms with Gasteiger partial charge in [-0.15, -0.1) is 0 Å². The summed E-state index contributed by atoms with van der Waals surface area (Å²) in [5.74, 6) is 2.74. The van der Waals surface area contributed by atoms with E-state index in [9.17, 15) is 0 Å². The van der Waals surface area contributed by atoms with Gasteiger partial charge in [0.1, 0.15) is 0 Å². The number of methoxy groups -OCH3 is 2. The topological polar surface area (TPSA) is 69.4 Å². The minimum atomic E-state index is 0.221. The highest BCUT2D eigenvalue weighted by atomic mass is 16.5. The minimum absolute atomic E-state index is 0.221. The zero-order valence-corrected chi connectivity index (χ0v) is 12.1. The molecule has 1 heterocycles. The number of anilines is 1. The van der Waals surface area contributed by atoms with E-state index in [1.165, 1.54) is 0 Å². The predicted molar refractivity (Wildman–Crippen MR) is 75.3 cm³/mol. The van der Waals surface area contributed by atoms with Crippen LogP contribution in [0.2, 0.25) is 0 Å². The van der Waals surface area contributed by atoms with Crippen molar-refractivity contribution in [2.75, 3.05) is 19.5 Å². The molecule has 0 aliphatic rings. The van der Waals surface area contributed by atoms with Crippen molar-refractivity contribution in [1.82, 2.24) is 10.1 Å². The monoisotopic (exact) mass is 277 g/mol.